The summed E-state index contributed by atoms with van der Waals surface area (Å²) < 4.78 is 10.4. The molecule has 16 heavy (non-hydrogen) atoms. The van der Waals surface area contributed by atoms with Crippen LogP contribution in [0, 0.1) is 6.92 Å². The lowest BCUT2D eigenvalue weighted by Crippen LogP contribution is -2.38. The van der Waals surface area contributed by atoms with Crippen LogP contribution in [0.25, 0.3) is 0 Å². The Morgan fingerprint density at radius 3 is 3.12 bits per heavy atom. The average Bonchev–Trinajstić information content (AvgIpc) is 2.87. The lowest BCUT2D eigenvalue weighted by molar-refractivity contribution is 0.0600. The molecule has 0 spiro atoms. The van der Waals surface area contributed by atoms with Gasteiger partial charge in [0.1, 0.15) is 0 Å². The first-order valence-electron chi connectivity index (χ1n) is 5.58. The van der Waals surface area contributed by atoms with Gasteiger partial charge in [0.05, 0.1) is 18.9 Å². The number of rotatable bonds is 3. The second-order valence-electron chi connectivity index (χ2n) is 4.18. The van der Waals surface area contributed by atoms with Gasteiger partial charge in [0.25, 0.3) is 5.91 Å². The van der Waals surface area contributed by atoms with Crippen LogP contribution in [0.5, 0.6) is 0 Å². The lowest BCUT2D eigenvalue weighted by atomic mass is 10.2. The number of carbonyl (C=O) groups is 1. The Hall–Kier alpha value is -1.29. The first-order valence-corrected chi connectivity index (χ1v) is 5.58. The van der Waals surface area contributed by atoms with Crippen LogP contribution >= 0.6 is 0 Å². The Kier molecular flexibility index (Phi) is 3.29. The minimum Gasteiger partial charge on any atom is -0.459 e. The average molecular weight is 223 g/mol. The summed E-state index contributed by atoms with van der Waals surface area (Å²) in [5.41, 5.74) is 0.896. The lowest BCUT2D eigenvalue weighted by Gasteiger charge is -2.23. The largest absolute Gasteiger partial charge is 0.459 e. The van der Waals surface area contributed by atoms with E-state index in [1.54, 1.807) is 13.4 Å². The van der Waals surface area contributed by atoms with Crippen molar-refractivity contribution < 1.29 is 13.9 Å². The maximum absolute atomic E-state index is 12.2. The molecule has 0 bridgehead atoms. The molecule has 1 fully saturated rings. The van der Waals surface area contributed by atoms with Crippen molar-refractivity contribution in [2.24, 2.45) is 0 Å². The number of amides is 1. The van der Waals surface area contributed by atoms with E-state index in [9.17, 15) is 4.79 Å². The third-order valence-corrected chi connectivity index (χ3v) is 3.05. The van der Waals surface area contributed by atoms with Gasteiger partial charge in [-0.1, -0.05) is 0 Å². The summed E-state index contributed by atoms with van der Waals surface area (Å²) in [4.78, 5) is 14.0. The van der Waals surface area contributed by atoms with Crippen LogP contribution in [-0.4, -0.2) is 37.1 Å². The Bertz CT molecular complexity index is 372. The van der Waals surface area contributed by atoms with Gasteiger partial charge in [0.2, 0.25) is 0 Å². The van der Waals surface area contributed by atoms with Crippen LogP contribution in [0.3, 0.4) is 0 Å². The van der Waals surface area contributed by atoms with E-state index in [-0.39, 0.29) is 11.9 Å². The summed E-state index contributed by atoms with van der Waals surface area (Å²) in [7, 11) is 1.67. The van der Waals surface area contributed by atoms with Gasteiger partial charge in [-0.2, -0.15) is 0 Å². The summed E-state index contributed by atoms with van der Waals surface area (Å²) in [6.07, 6.45) is 3.61. The van der Waals surface area contributed by atoms with Crippen molar-refractivity contribution in [2.75, 3.05) is 20.3 Å². The molecule has 0 saturated carbocycles. The van der Waals surface area contributed by atoms with Crippen molar-refractivity contribution in [1.29, 1.82) is 0 Å². The quantitative estimate of drug-likeness (QED) is 0.785. The summed E-state index contributed by atoms with van der Waals surface area (Å²) in [6, 6.07) is 2.01. The fraction of sp³-hybridized carbons (Fsp3) is 0.583. The second kappa shape index (κ2) is 4.70. The molecule has 0 aromatic carbocycles. The van der Waals surface area contributed by atoms with E-state index in [4.69, 9.17) is 9.15 Å². The molecule has 88 valence electrons. The second-order valence-corrected chi connectivity index (χ2v) is 4.18. The normalized spacial score (nSPS) is 20.4. The third kappa shape index (κ3) is 1.97. The molecule has 0 N–H and O–H groups in total. The van der Waals surface area contributed by atoms with Crippen molar-refractivity contribution in [3.05, 3.63) is 23.7 Å². The summed E-state index contributed by atoms with van der Waals surface area (Å²) in [6.45, 7) is 3.29. The van der Waals surface area contributed by atoms with Crippen molar-refractivity contribution in [1.82, 2.24) is 4.90 Å². The first kappa shape index (κ1) is 11.2. The Labute approximate surface area is 95.2 Å². The van der Waals surface area contributed by atoms with E-state index in [0.717, 1.165) is 24.9 Å². The topological polar surface area (TPSA) is 42.7 Å². The molecule has 0 aliphatic carbocycles. The molecule has 1 aliphatic heterocycles. The number of hydrogen-bond acceptors (Lipinski definition) is 3. The van der Waals surface area contributed by atoms with Gasteiger partial charge >= 0.3 is 0 Å². The number of carbonyl (C=O) groups excluding carboxylic acids is 1. The minimum absolute atomic E-state index is 0.0120. The van der Waals surface area contributed by atoms with E-state index in [0.29, 0.717) is 12.4 Å². The molecular weight excluding hydrogens is 206 g/mol. The van der Waals surface area contributed by atoms with E-state index >= 15 is 0 Å². The number of likely N-dealkylation sites (tertiary alicyclic amines) is 1. The van der Waals surface area contributed by atoms with Gasteiger partial charge in [-0.25, -0.2) is 0 Å². The first-order chi connectivity index (χ1) is 7.74. The van der Waals surface area contributed by atoms with E-state index in [1.165, 1.54) is 0 Å². The van der Waals surface area contributed by atoms with Gasteiger partial charge in [-0.15, -0.1) is 0 Å². The van der Waals surface area contributed by atoms with Crippen molar-refractivity contribution in [2.45, 2.75) is 25.8 Å². The molecule has 2 rings (SSSR count). The highest BCUT2D eigenvalue weighted by Crippen LogP contribution is 2.22. The maximum atomic E-state index is 12.2. The maximum Gasteiger partial charge on any atom is 0.290 e. The zero-order valence-corrected chi connectivity index (χ0v) is 9.73. The molecule has 1 atom stereocenters. The van der Waals surface area contributed by atoms with Crippen molar-refractivity contribution >= 4 is 5.91 Å². The molecule has 2 heterocycles. The number of methoxy groups -OCH3 is 1. The number of aryl methyl sites for hydroxylation is 1. The summed E-state index contributed by atoms with van der Waals surface area (Å²) in [5.74, 6) is 0.449. The summed E-state index contributed by atoms with van der Waals surface area (Å²) in [5, 5.41) is 0. The zero-order chi connectivity index (χ0) is 11.5. The fourth-order valence-corrected chi connectivity index (χ4v) is 2.19. The number of ether oxygens (including phenoxy) is 1. The van der Waals surface area contributed by atoms with E-state index in [1.807, 2.05) is 17.9 Å². The molecule has 0 unspecified atom stereocenters. The van der Waals surface area contributed by atoms with Gasteiger partial charge in [0, 0.05) is 19.2 Å². The van der Waals surface area contributed by atoms with Gasteiger partial charge in [-0.05, 0) is 25.8 Å². The van der Waals surface area contributed by atoms with Crippen LogP contribution in [0.15, 0.2) is 16.7 Å². The highest BCUT2D eigenvalue weighted by atomic mass is 16.5. The predicted molar refractivity (Wildman–Crippen MR) is 59.4 cm³/mol. The molecule has 0 radical (unpaired) electrons. The fourth-order valence-electron chi connectivity index (χ4n) is 2.19. The van der Waals surface area contributed by atoms with Gasteiger partial charge < -0.3 is 14.1 Å². The van der Waals surface area contributed by atoms with Crippen LogP contribution in [0.1, 0.15) is 29.0 Å². The molecule has 1 amide bonds. The SMILES string of the molecule is COC[C@@H]1CCCN1C(=O)c1occc1C. The van der Waals surface area contributed by atoms with Crippen LogP contribution in [-0.2, 0) is 4.74 Å². The Balaban J connectivity index is 2.12. The molecule has 1 saturated heterocycles. The van der Waals surface area contributed by atoms with Crippen LogP contribution in [0.2, 0.25) is 0 Å². The van der Waals surface area contributed by atoms with E-state index < -0.39 is 0 Å². The minimum atomic E-state index is -0.0120. The van der Waals surface area contributed by atoms with Crippen LogP contribution < -0.4 is 0 Å². The molecule has 1 aliphatic rings. The molecule has 1 aromatic rings. The number of furan rings is 1. The highest BCUT2D eigenvalue weighted by Gasteiger charge is 2.31. The highest BCUT2D eigenvalue weighted by molar-refractivity contribution is 5.93. The molecule has 1 aromatic heterocycles. The Morgan fingerprint density at radius 2 is 2.50 bits per heavy atom. The zero-order valence-electron chi connectivity index (χ0n) is 9.73. The van der Waals surface area contributed by atoms with E-state index in [2.05, 4.69) is 0 Å². The number of nitrogens with zero attached hydrogens (tertiary/aromatic N) is 1. The van der Waals surface area contributed by atoms with Gasteiger partial charge in [0.15, 0.2) is 5.76 Å². The predicted octanol–water partition coefficient (Wildman–Crippen LogP) is 1.84. The third-order valence-electron chi connectivity index (χ3n) is 3.05. The van der Waals surface area contributed by atoms with Crippen molar-refractivity contribution in [3.63, 3.8) is 0 Å². The Morgan fingerprint density at radius 1 is 1.69 bits per heavy atom. The van der Waals surface area contributed by atoms with Gasteiger partial charge in [-0.3, -0.25) is 4.79 Å². The molecular formula is C12H17NO3. The monoisotopic (exact) mass is 223 g/mol. The molecule has 4 heteroatoms. The standard InChI is InChI=1S/C12H17NO3/c1-9-5-7-16-11(9)12(14)13-6-3-4-10(13)8-15-2/h5,7,10H,3-4,6,8H2,1-2H3/t10-/m0/s1. The smallest absolute Gasteiger partial charge is 0.290 e. The van der Waals surface area contributed by atoms with Crippen LogP contribution in [0.4, 0.5) is 0 Å². The van der Waals surface area contributed by atoms with Crippen molar-refractivity contribution in [3.8, 4) is 0 Å². The number of hydrogen-bond donors (Lipinski definition) is 0. The molecule has 4 nitrogen and oxygen atoms in total. The summed E-state index contributed by atoms with van der Waals surface area (Å²) >= 11 is 0.